The Morgan fingerprint density at radius 1 is 1.14 bits per heavy atom. The molecule has 0 aromatic carbocycles. The molecule has 1 aliphatic rings. The molecule has 0 unspecified atom stereocenters. The second kappa shape index (κ2) is 9.38. The van der Waals surface area contributed by atoms with E-state index in [2.05, 4.69) is 18.7 Å². The maximum absolute atomic E-state index is 13.0. The molecule has 0 atom stereocenters. The lowest BCUT2D eigenvalue weighted by Gasteiger charge is -2.36. The summed E-state index contributed by atoms with van der Waals surface area (Å²) in [7, 11) is 0. The van der Waals surface area contributed by atoms with Crippen molar-refractivity contribution in [1.29, 1.82) is 0 Å². The van der Waals surface area contributed by atoms with Gasteiger partial charge in [-0.3, -0.25) is 9.69 Å². The average Bonchev–Trinajstić information content (AvgIpc) is 2.72. The van der Waals surface area contributed by atoms with E-state index in [1.165, 1.54) is 0 Å². The van der Waals surface area contributed by atoms with Gasteiger partial charge in [0.1, 0.15) is 0 Å². The first-order valence-corrected chi connectivity index (χ1v) is 8.46. The molecule has 0 aromatic heterocycles. The summed E-state index contributed by atoms with van der Waals surface area (Å²) in [6.07, 6.45) is 4.73. The summed E-state index contributed by atoms with van der Waals surface area (Å²) in [4.78, 5) is 17.3. The summed E-state index contributed by atoms with van der Waals surface area (Å²) in [5.41, 5.74) is 5.65. The lowest BCUT2D eigenvalue weighted by Crippen LogP contribution is -2.49. The largest absolute Gasteiger partial charge is 0.395 e. The Hall–Kier alpha value is -0.650. The average molecular weight is 299 g/mol. The van der Waals surface area contributed by atoms with Gasteiger partial charge in [-0.1, -0.05) is 26.7 Å². The number of aliphatic hydroxyl groups is 1. The van der Waals surface area contributed by atoms with Crippen LogP contribution in [0, 0.1) is 5.41 Å². The summed E-state index contributed by atoms with van der Waals surface area (Å²) in [5.74, 6) is 0.250. The van der Waals surface area contributed by atoms with Crippen LogP contribution in [0.2, 0.25) is 0 Å². The van der Waals surface area contributed by atoms with Gasteiger partial charge in [-0.15, -0.1) is 0 Å². The van der Waals surface area contributed by atoms with Gasteiger partial charge in [0.25, 0.3) is 0 Å². The first-order chi connectivity index (χ1) is 10.1. The van der Waals surface area contributed by atoms with Gasteiger partial charge in [0, 0.05) is 32.7 Å². The summed E-state index contributed by atoms with van der Waals surface area (Å²) in [5, 5.41) is 9.05. The predicted octanol–water partition coefficient (Wildman–Crippen LogP) is 1.06. The van der Waals surface area contributed by atoms with Gasteiger partial charge < -0.3 is 15.7 Å². The summed E-state index contributed by atoms with van der Waals surface area (Å²) in [6, 6.07) is 0. The zero-order chi connectivity index (χ0) is 15.7. The molecule has 0 aromatic rings. The number of nitrogens with two attached hydrogens (primary N) is 1. The number of carbonyl (C=O) groups is 1. The zero-order valence-corrected chi connectivity index (χ0v) is 13.8. The molecule has 1 saturated heterocycles. The number of aliphatic hydroxyl groups excluding tert-OH is 1. The van der Waals surface area contributed by atoms with E-state index >= 15 is 0 Å². The Morgan fingerprint density at radius 2 is 1.81 bits per heavy atom. The van der Waals surface area contributed by atoms with Crippen LogP contribution in [0.15, 0.2) is 0 Å². The highest BCUT2D eigenvalue weighted by Crippen LogP contribution is 2.31. The van der Waals surface area contributed by atoms with E-state index in [1.54, 1.807) is 0 Å². The van der Waals surface area contributed by atoms with Gasteiger partial charge >= 0.3 is 0 Å². The van der Waals surface area contributed by atoms with Crippen LogP contribution in [-0.2, 0) is 4.79 Å². The van der Waals surface area contributed by atoms with E-state index in [9.17, 15) is 4.79 Å². The fraction of sp³-hybridized carbons (Fsp3) is 0.938. The number of rotatable bonds is 8. The lowest BCUT2D eigenvalue weighted by atomic mass is 9.78. The van der Waals surface area contributed by atoms with Crippen molar-refractivity contribution in [2.24, 2.45) is 11.1 Å². The van der Waals surface area contributed by atoms with E-state index in [4.69, 9.17) is 10.8 Å². The van der Waals surface area contributed by atoms with Crippen LogP contribution in [0.1, 0.15) is 46.0 Å². The third kappa shape index (κ3) is 4.94. The number of nitrogens with zero attached hydrogens (tertiary/aromatic N) is 2. The minimum atomic E-state index is -0.365. The highest BCUT2D eigenvalue weighted by Gasteiger charge is 2.38. The Morgan fingerprint density at radius 3 is 2.33 bits per heavy atom. The topological polar surface area (TPSA) is 69.8 Å². The number of hydrogen-bond acceptors (Lipinski definition) is 4. The third-order valence-electron chi connectivity index (χ3n) is 4.59. The highest BCUT2D eigenvalue weighted by molar-refractivity contribution is 5.83. The Labute approximate surface area is 129 Å². The molecule has 0 aliphatic carbocycles. The molecule has 3 N–H and O–H groups in total. The standard InChI is InChI=1S/C16H33N3O2/c1-3-6-16(14-17,7-4-2)15(21)19-9-5-8-18(10-11-19)12-13-20/h20H,3-14,17H2,1-2H3. The molecule has 1 amide bonds. The molecular formula is C16H33N3O2. The van der Waals surface area contributed by atoms with Gasteiger partial charge in [0.05, 0.1) is 12.0 Å². The molecule has 0 bridgehead atoms. The van der Waals surface area contributed by atoms with Gasteiger partial charge in [-0.25, -0.2) is 0 Å². The molecule has 5 heteroatoms. The van der Waals surface area contributed by atoms with Gasteiger partial charge in [-0.05, 0) is 25.8 Å². The van der Waals surface area contributed by atoms with Crippen LogP contribution < -0.4 is 5.73 Å². The maximum atomic E-state index is 13.0. The van der Waals surface area contributed by atoms with Gasteiger partial charge in [0.2, 0.25) is 5.91 Å². The summed E-state index contributed by atoms with van der Waals surface area (Å²) < 4.78 is 0. The van der Waals surface area contributed by atoms with E-state index in [0.29, 0.717) is 13.1 Å². The predicted molar refractivity (Wildman–Crippen MR) is 86.0 cm³/mol. The number of β-amino-alcohol motifs (C(OH)–C–C–N with tert-alkyl or cyclic N) is 1. The minimum absolute atomic E-state index is 0.187. The fourth-order valence-electron chi connectivity index (χ4n) is 3.46. The molecule has 21 heavy (non-hydrogen) atoms. The van der Waals surface area contributed by atoms with Crippen molar-refractivity contribution in [1.82, 2.24) is 9.80 Å². The molecule has 124 valence electrons. The summed E-state index contributed by atoms with van der Waals surface area (Å²) in [6.45, 7) is 8.97. The molecule has 1 rings (SSSR count). The van der Waals surface area contributed by atoms with Crippen molar-refractivity contribution >= 4 is 5.91 Å². The van der Waals surface area contributed by atoms with Crippen LogP contribution >= 0.6 is 0 Å². The van der Waals surface area contributed by atoms with Gasteiger partial charge in [0.15, 0.2) is 0 Å². The van der Waals surface area contributed by atoms with Crippen LogP contribution in [-0.4, -0.2) is 66.7 Å². The highest BCUT2D eigenvalue weighted by atomic mass is 16.3. The number of amides is 1. The molecule has 1 aliphatic heterocycles. The number of hydrogen-bond donors (Lipinski definition) is 2. The smallest absolute Gasteiger partial charge is 0.230 e. The van der Waals surface area contributed by atoms with Crippen molar-refractivity contribution in [2.45, 2.75) is 46.0 Å². The van der Waals surface area contributed by atoms with Crippen molar-refractivity contribution in [3.05, 3.63) is 0 Å². The van der Waals surface area contributed by atoms with Crippen LogP contribution in [0.25, 0.3) is 0 Å². The van der Waals surface area contributed by atoms with Crippen molar-refractivity contribution in [2.75, 3.05) is 45.9 Å². The Bertz CT molecular complexity index is 304. The molecule has 0 saturated carbocycles. The fourth-order valence-corrected chi connectivity index (χ4v) is 3.46. The third-order valence-corrected chi connectivity index (χ3v) is 4.59. The van der Waals surface area contributed by atoms with Crippen LogP contribution in [0.3, 0.4) is 0 Å². The van der Waals surface area contributed by atoms with E-state index in [1.807, 2.05) is 4.90 Å². The number of carbonyl (C=O) groups excluding carboxylic acids is 1. The van der Waals surface area contributed by atoms with Crippen molar-refractivity contribution in [3.8, 4) is 0 Å². The van der Waals surface area contributed by atoms with Crippen LogP contribution in [0.4, 0.5) is 0 Å². The van der Waals surface area contributed by atoms with Crippen molar-refractivity contribution < 1.29 is 9.90 Å². The molecule has 0 radical (unpaired) electrons. The first-order valence-electron chi connectivity index (χ1n) is 8.46. The first kappa shape index (κ1) is 18.4. The molecule has 1 fully saturated rings. The Balaban J connectivity index is 2.74. The molecule has 1 heterocycles. The Kier molecular flexibility index (Phi) is 8.22. The minimum Gasteiger partial charge on any atom is -0.395 e. The maximum Gasteiger partial charge on any atom is 0.230 e. The van der Waals surface area contributed by atoms with E-state index in [-0.39, 0.29) is 17.9 Å². The van der Waals surface area contributed by atoms with E-state index in [0.717, 1.165) is 58.3 Å². The molecular weight excluding hydrogens is 266 g/mol. The quantitative estimate of drug-likeness (QED) is 0.703. The normalized spacial score (nSPS) is 17.8. The summed E-state index contributed by atoms with van der Waals surface area (Å²) >= 11 is 0. The SMILES string of the molecule is CCCC(CN)(CCC)C(=O)N1CCCN(CCO)CC1. The second-order valence-electron chi connectivity index (χ2n) is 6.20. The van der Waals surface area contributed by atoms with Crippen molar-refractivity contribution in [3.63, 3.8) is 0 Å². The second-order valence-corrected chi connectivity index (χ2v) is 6.20. The zero-order valence-electron chi connectivity index (χ0n) is 13.8. The molecule has 0 spiro atoms. The van der Waals surface area contributed by atoms with E-state index < -0.39 is 0 Å². The monoisotopic (exact) mass is 299 g/mol. The van der Waals surface area contributed by atoms with Gasteiger partial charge in [-0.2, -0.15) is 0 Å². The van der Waals surface area contributed by atoms with Crippen LogP contribution in [0.5, 0.6) is 0 Å². The lowest BCUT2D eigenvalue weighted by molar-refractivity contribution is -0.142. The molecule has 5 nitrogen and oxygen atoms in total.